The number of furan rings is 1. The summed E-state index contributed by atoms with van der Waals surface area (Å²) in [6.45, 7) is 5.48. The second kappa shape index (κ2) is 5.46. The number of aryl methyl sites for hydroxylation is 1. The summed E-state index contributed by atoms with van der Waals surface area (Å²) in [5.41, 5.74) is 0.714. The molecule has 1 aromatic heterocycles. The van der Waals surface area contributed by atoms with Gasteiger partial charge in [-0.05, 0) is 56.7 Å². The predicted molar refractivity (Wildman–Crippen MR) is 90.3 cm³/mol. The zero-order valence-electron chi connectivity index (χ0n) is 14.1. The second-order valence-corrected chi connectivity index (χ2v) is 8.27. The van der Waals surface area contributed by atoms with E-state index in [-0.39, 0.29) is 17.3 Å². The molecule has 6 nitrogen and oxygen atoms in total. The molecule has 0 radical (unpaired) electrons. The minimum absolute atomic E-state index is 0.0499. The van der Waals surface area contributed by atoms with Crippen LogP contribution in [0.5, 0.6) is 0 Å². The first-order valence-corrected chi connectivity index (χ1v) is 9.09. The minimum atomic E-state index is -3.70. The topological polar surface area (TPSA) is 79.6 Å². The molecule has 3 rings (SSSR count). The van der Waals surface area contributed by atoms with Crippen molar-refractivity contribution in [2.45, 2.75) is 37.6 Å². The third kappa shape index (κ3) is 2.63. The van der Waals surface area contributed by atoms with E-state index in [1.807, 2.05) is 0 Å². The standard InChI is InChI=1S/C17H20N2O4S/c1-11-5-6-12(23-11)10-18-24(21,22)13-7-8-15-14(9-13)17(2,3)16(20)19(15)4/h5-9,18H,10H2,1-4H3. The summed E-state index contributed by atoms with van der Waals surface area (Å²) < 4.78 is 33.0. The van der Waals surface area contributed by atoms with Gasteiger partial charge in [-0.3, -0.25) is 4.79 Å². The minimum Gasteiger partial charge on any atom is -0.465 e. The molecule has 0 atom stereocenters. The molecule has 1 amide bonds. The first kappa shape index (κ1) is 16.7. The number of carbonyl (C=O) groups is 1. The van der Waals surface area contributed by atoms with E-state index in [0.29, 0.717) is 11.3 Å². The Bertz CT molecular complexity index is 912. The van der Waals surface area contributed by atoms with E-state index < -0.39 is 15.4 Å². The quantitative estimate of drug-likeness (QED) is 0.919. The maximum Gasteiger partial charge on any atom is 0.240 e. The number of nitrogens with one attached hydrogen (secondary N) is 1. The number of anilines is 1. The number of likely N-dealkylation sites (N-methyl/N-ethyl adjacent to an activating group) is 1. The number of nitrogens with zero attached hydrogens (tertiary/aromatic N) is 1. The number of rotatable bonds is 4. The molecular weight excluding hydrogens is 328 g/mol. The molecular formula is C17H20N2O4S. The second-order valence-electron chi connectivity index (χ2n) is 6.51. The van der Waals surface area contributed by atoms with Crippen molar-refractivity contribution in [2.24, 2.45) is 0 Å². The summed E-state index contributed by atoms with van der Waals surface area (Å²) in [4.78, 5) is 14.0. The maximum atomic E-state index is 12.5. The van der Waals surface area contributed by atoms with E-state index in [1.165, 1.54) is 6.07 Å². The Kier molecular flexibility index (Phi) is 3.80. The highest BCUT2D eigenvalue weighted by Gasteiger charge is 2.42. The Hall–Kier alpha value is -2.12. The van der Waals surface area contributed by atoms with Crippen molar-refractivity contribution in [3.05, 3.63) is 47.4 Å². The molecule has 0 saturated heterocycles. The molecule has 1 N–H and O–H groups in total. The molecule has 0 spiro atoms. The number of benzene rings is 1. The lowest BCUT2D eigenvalue weighted by Gasteiger charge is -2.16. The Morgan fingerprint density at radius 1 is 1.21 bits per heavy atom. The van der Waals surface area contributed by atoms with E-state index in [0.717, 1.165) is 11.4 Å². The van der Waals surface area contributed by atoms with Crippen LogP contribution in [0.2, 0.25) is 0 Å². The van der Waals surface area contributed by atoms with Crippen LogP contribution < -0.4 is 9.62 Å². The predicted octanol–water partition coefficient (Wildman–Crippen LogP) is 2.32. The van der Waals surface area contributed by atoms with Crippen molar-refractivity contribution in [3.8, 4) is 0 Å². The molecule has 1 aliphatic rings. The molecule has 0 saturated carbocycles. The third-order valence-electron chi connectivity index (χ3n) is 4.38. The number of amides is 1. The van der Waals surface area contributed by atoms with Crippen molar-refractivity contribution in [1.82, 2.24) is 4.72 Å². The molecule has 1 aliphatic heterocycles. The van der Waals surface area contributed by atoms with Gasteiger partial charge < -0.3 is 9.32 Å². The summed E-state index contributed by atoms with van der Waals surface area (Å²) in [5, 5.41) is 0. The maximum absolute atomic E-state index is 12.5. The average molecular weight is 348 g/mol. The summed E-state index contributed by atoms with van der Waals surface area (Å²) in [7, 11) is -2.00. The van der Waals surface area contributed by atoms with Crippen LogP contribution in [0.4, 0.5) is 5.69 Å². The summed E-state index contributed by atoms with van der Waals surface area (Å²) in [6.07, 6.45) is 0. The molecule has 0 bridgehead atoms. The first-order valence-electron chi connectivity index (χ1n) is 7.60. The van der Waals surface area contributed by atoms with Gasteiger partial charge >= 0.3 is 0 Å². The van der Waals surface area contributed by atoms with Crippen LogP contribution in [0.3, 0.4) is 0 Å². The van der Waals surface area contributed by atoms with Gasteiger partial charge in [0.2, 0.25) is 15.9 Å². The van der Waals surface area contributed by atoms with Crippen LogP contribution in [-0.2, 0) is 26.8 Å². The lowest BCUT2D eigenvalue weighted by molar-refractivity contribution is -0.121. The lowest BCUT2D eigenvalue weighted by atomic mass is 9.86. The van der Waals surface area contributed by atoms with Crippen LogP contribution in [0.15, 0.2) is 39.6 Å². The highest BCUT2D eigenvalue weighted by atomic mass is 32.2. The zero-order chi connectivity index (χ0) is 17.7. The number of sulfonamides is 1. The SMILES string of the molecule is Cc1ccc(CNS(=O)(=O)c2ccc3c(c2)C(C)(C)C(=O)N3C)o1. The Morgan fingerprint density at radius 3 is 2.54 bits per heavy atom. The van der Waals surface area contributed by atoms with Crippen molar-refractivity contribution in [3.63, 3.8) is 0 Å². The number of hydrogen-bond acceptors (Lipinski definition) is 4. The summed E-state index contributed by atoms with van der Waals surface area (Å²) >= 11 is 0. The lowest BCUT2D eigenvalue weighted by Crippen LogP contribution is -2.33. The van der Waals surface area contributed by atoms with Gasteiger partial charge in [0.1, 0.15) is 11.5 Å². The molecule has 24 heavy (non-hydrogen) atoms. The number of hydrogen-bond donors (Lipinski definition) is 1. The zero-order valence-corrected chi connectivity index (χ0v) is 14.9. The van der Waals surface area contributed by atoms with Gasteiger partial charge in [0.05, 0.1) is 16.9 Å². The molecule has 0 fully saturated rings. The van der Waals surface area contributed by atoms with E-state index >= 15 is 0 Å². The molecule has 0 unspecified atom stereocenters. The molecule has 2 aromatic rings. The fraction of sp³-hybridized carbons (Fsp3) is 0.353. The third-order valence-corrected chi connectivity index (χ3v) is 5.78. The van der Waals surface area contributed by atoms with Crippen LogP contribution in [0.1, 0.15) is 30.9 Å². The highest BCUT2D eigenvalue weighted by Crippen LogP contribution is 2.41. The molecule has 7 heteroatoms. The average Bonchev–Trinajstić information content (AvgIpc) is 3.02. The molecule has 0 aliphatic carbocycles. The van der Waals surface area contributed by atoms with E-state index in [1.54, 1.807) is 57.0 Å². The largest absolute Gasteiger partial charge is 0.465 e. The van der Waals surface area contributed by atoms with Crippen LogP contribution in [0, 0.1) is 6.92 Å². The van der Waals surface area contributed by atoms with Crippen LogP contribution in [-0.4, -0.2) is 21.4 Å². The molecule has 2 heterocycles. The Balaban J connectivity index is 1.90. The van der Waals surface area contributed by atoms with Crippen molar-refractivity contribution < 1.29 is 17.6 Å². The number of carbonyl (C=O) groups excluding carboxylic acids is 1. The Morgan fingerprint density at radius 2 is 1.92 bits per heavy atom. The summed E-state index contributed by atoms with van der Waals surface area (Å²) in [6, 6.07) is 8.28. The van der Waals surface area contributed by atoms with Crippen molar-refractivity contribution in [2.75, 3.05) is 11.9 Å². The fourth-order valence-electron chi connectivity index (χ4n) is 2.95. The fourth-order valence-corrected chi connectivity index (χ4v) is 3.97. The highest BCUT2D eigenvalue weighted by molar-refractivity contribution is 7.89. The van der Waals surface area contributed by atoms with Gasteiger partial charge in [-0.15, -0.1) is 0 Å². The van der Waals surface area contributed by atoms with Gasteiger partial charge in [-0.1, -0.05) is 0 Å². The monoisotopic (exact) mass is 348 g/mol. The van der Waals surface area contributed by atoms with Gasteiger partial charge in [0.25, 0.3) is 0 Å². The van der Waals surface area contributed by atoms with Crippen molar-refractivity contribution >= 4 is 21.6 Å². The number of fused-ring (bicyclic) bond motifs is 1. The Labute approximate surface area is 141 Å². The van der Waals surface area contributed by atoms with Crippen LogP contribution in [0.25, 0.3) is 0 Å². The molecule has 1 aromatic carbocycles. The van der Waals surface area contributed by atoms with Gasteiger partial charge in [-0.2, -0.15) is 0 Å². The van der Waals surface area contributed by atoms with Gasteiger partial charge in [0, 0.05) is 12.7 Å². The van der Waals surface area contributed by atoms with Gasteiger partial charge in [-0.25, -0.2) is 13.1 Å². The van der Waals surface area contributed by atoms with Crippen molar-refractivity contribution in [1.29, 1.82) is 0 Å². The smallest absolute Gasteiger partial charge is 0.240 e. The summed E-state index contributed by atoms with van der Waals surface area (Å²) in [5.74, 6) is 1.23. The normalized spacial score (nSPS) is 16.5. The van der Waals surface area contributed by atoms with E-state index in [4.69, 9.17) is 4.42 Å². The van der Waals surface area contributed by atoms with Crippen LogP contribution >= 0.6 is 0 Å². The van der Waals surface area contributed by atoms with Gasteiger partial charge in [0.15, 0.2) is 0 Å². The van der Waals surface area contributed by atoms with E-state index in [2.05, 4.69) is 4.72 Å². The molecule has 128 valence electrons. The first-order chi connectivity index (χ1) is 11.1. The van der Waals surface area contributed by atoms with E-state index in [9.17, 15) is 13.2 Å².